The number of carbonyl (C=O) groups excluding carboxylic acids is 1. The molecule has 0 saturated heterocycles. The van der Waals surface area contributed by atoms with E-state index in [1.54, 1.807) is 17.5 Å². The third-order valence-corrected chi connectivity index (χ3v) is 3.77. The van der Waals surface area contributed by atoms with E-state index in [1.165, 1.54) is 0 Å². The van der Waals surface area contributed by atoms with Crippen LogP contribution < -0.4 is 11.1 Å². The number of carbonyl (C=O) groups is 1. The van der Waals surface area contributed by atoms with Gasteiger partial charge < -0.3 is 11.1 Å². The molecule has 0 radical (unpaired) electrons. The van der Waals surface area contributed by atoms with E-state index in [1.807, 2.05) is 12.3 Å². The molecule has 1 rings (SSSR count). The van der Waals surface area contributed by atoms with Gasteiger partial charge in [-0.1, -0.05) is 13.8 Å². The highest BCUT2D eigenvalue weighted by molar-refractivity contribution is 7.09. The van der Waals surface area contributed by atoms with Crippen molar-refractivity contribution in [2.45, 2.75) is 39.7 Å². The van der Waals surface area contributed by atoms with Crippen LogP contribution >= 0.6 is 11.3 Å². The Morgan fingerprint density at radius 1 is 1.50 bits per heavy atom. The van der Waals surface area contributed by atoms with E-state index in [-0.39, 0.29) is 17.9 Å². The molecule has 2 atom stereocenters. The molecule has 0 saturated carbocycles. The van der Waals surface area contributed by atoms with Gasteiger partial charge in [0, 0.05) is 18.0 Å². The highest BCUT2D eigenvalue weighted by Gasteiger charge is 2.17. The van der Waals surface area contributed by atoms with Crippen LogP contribution in [0.4, 0.5) is 0 Å². The monoisotopic (exact) mass is 269 g/mol. The second-order valence-electron chi connectivity index (χ2n) is 5.09. The van der Waals surface area contributed by atoms with E-state index in [9.17, 15) is 4.79 Å². The summed E-state index contributed by atoms with van der Waals surface area (Å²) >= 11 is 1.56. The number of hydrogen-bond acceptors (Lipinski definition) is 4. The Morgan fingerprint density at radius 2 is 2.22 bits per heavy atom. The van der Waals surface area contributed by atoms with Crippen LogP contribution in [-0.4, -0.2) is 17.4 Å². The molecule has 4 nitrogen and oxygen atoms in total. The lowest BCUT2D eigenvalue weighted by Crippen LogP contribution is -2.30. The Kier molecular flexibility index (Phi) is 6.29. The van der Waals surface area contributed by atoms with Crippen molar-refractivity contribution in [3.05, 3.63) is 16.6 Å². The highest BCUT2D eigenvalue weighted by atomic mass is 32.1. The molecule has 1 aromatic heterocycles. The Hall–Kier alpha value is -0.940. The summed E-state index contributed by atoms with van der Waals surface area (Å²) in [6, 6.07) is -0.0185. The topological polar surface area (TPSA) is 68.0 Å². The highest BCUT2D eigenvalue weighted by Crippen LogP contribution is 2.17. The van der Waals surface area contributed by atoms with Crippen molar-refractivity contribution >= 4 is 17.2 Å². The molecule has 0 aliphatic carbocycles. The van der Waals surface area contributed by atoms with Crippen molar-refractivity contribution < 1.29 is 4.79 Å². The van der Waals surface area contributed by atoms with E-state index in [2.05, 4.69) is 24.1 Å². The van der Waals surface area contributed by atoms with E-state index in [0.29, 0.717) is 18.9 Å². The van der Waals surface area contributed by atoms with Crippen molar-refractivity contribution in [1.29, 1.82) is 0 Å². The molecular formula is C13H23N3OS. The second-order valence-corrected chi connectivity index (χ2v) is 6.02. The fourth-order valence-corrected chi connectivity index (χ4v) is 2.65. The first kappa shape index (κ1) is 15.1. The van der Waals surface area contributed by atoms with Crippen LogP contribution in [0.2, 0.25) is 0 Å². The lowest BCUT2D eigenvalue weighted by molar-refractivity contribution is -0.122. The summed E-state index contributed by atoms with van der Waals surface area (Å²) in [4.78, 5) is 16.1. The number of nitrogens with two attached hydrogens (primary N) is 1. The molecule has 18 heavy (non-hydrogen) atoms. The number of nitrogens with zero attached hydrogens (tertiary/aromatic N) is 1. The molecule has 0 aliphatic heterocycles. The summed E-state index contributed by atoms with van der Waals surface area (Å²) in [7, 11) is 0. The van der Waals surface area contributed by atoms with Gasteiger partial charge in [-0.2, -0.15) is 0 Å². The van der Waals surface area contributed by atoms with Gasteiger partial charge in [0.1, 0.15) is 5.01 Å². The second kappa shape index (κ2) is 7.48. The predicted molar refractivity (Wildman–Crippen MR) is 75.3 cm³/mol. The molecule has 102 valence electrons. The van der Waals surface area contributed by atoms with Gasteiger partial charge in [0.2, 0.25) is 5.91 Å². The van der Waals surface area contributed by atoms with Gasteiger partial charge in [0.25, 0.3) is 0 Å². The minimum atomic E-state index is -0.0185. The number of thiazole rings is 1. The van der Waals surface area contributed by atoms with E-state index in [4.69, 9.17) is 5.73 Å². The average molecular weight is 269 g/mol. The normalized spacial score (nSPS) is 14.5. The quantitative estimate of drug-likeness (QED) is 0.798. The van der Waals surface area contributed by atoms with Crippen LogP contribution in [0.15, 0.2) is 11.6 Å². The molecule has 1 amide bonds. The van der Waals surface area contributed by atoms with Crippen LogP contribution in [0, 0.1) is 11.8 Å². The number of nitrogens with one attached hydrogen (secondary N) is 1. The minimum Gasteiger partial charge on any atom is -0.347 e. The number of rotatable bonds is 7. The maximum absolute atomic E-state index is 11.9. The largest absolute Gasteiger partial charge is 0.347 e. The Bertz CT molecular complexity index is 351. The van der Waals surface area contributed by atoms with Crippen LogP contribution in [0.5, 0.6) is 0 Å². The van der Waals surface area contributed by atoms with Crippen molar-refractivity contribution in [2.24, 2.45) is 17.6 Å². The number of amides is 1. The summed E-state index contributed by atoms with van der Waals surface area (Å²) in [5.41, 5.74) is 5.70. The number of hydrogen-bond donors (Lipinski definition) is 2. The van der Waals surface area contributed by atoms with Crippen molar-refractivity contribution in [1.82, 2.24) is 10.3 Å². The summed E-state index contributed by atoms with van der Waals surface area (Å²) < 4.78 is 0. The maximum Gasteiger partial charge on any atom is 0.220 e. The summed E-state index contributed by atoms with van der Waals surface area (Å²) in [5.74, 6) is 0.907. The Morgan fingerprint density at radius 3 is 2.72 bits per heavy atom. The fourth-order valence-electron chi connectivity index (χ4n) is 2.00. The third kappa shape index (κ3) is 5.14. The van der Waals surface area contributed by atoms with Gasteiger partial charge in [-0.05, 0) is 31.7 Å². The third-order valence-electron chi connectivity index (χ3n) is 2.81. The Balaban J connectivity index is 2.40. The zero-order valence-electron chi connectivity index (χ0n) is 11.3. The van der Waals surface area contributed by atoms with Gasteiger partial charge in [0.15, 0.2) is 0 Å². The molecule has 1 heterocycles. The van der Waals surface area contributed by atoms with Gasteiger partial charge in [-0.3, -0.25) is 4.79 Å². The van der Waals surface area contributed by atoms with Crippen LogP contribution in [-0.2, 0) is 4.79 Å². The van der Waals surface area contributed by atoms with Gasteiger partial charge in [-0.25, -0.2) is 4.98 Å². The Labute approximate surface area is 113 Å². The molecule has 0 fully saturated rings. The minimum absolute atomic E-state index is 0.0185. The van der Waals surface area contributed by atoms with Crippen LogP contribution in [0.3, 0.4) is 0 Å². The lowest BCUT2D eigenvalue weighted by Gasteiger charge is -2.18. The smallest absolute Gasteiger partial charge is 0.220 e. The molecule has 0 aromatic carbocycles. The molecule has 1 aromatic rings. The number of aromatic nitrogens is 1. The lowest BCUT2D eigenvalue weighted by atomic mass is 9.94. The zero-order valence-corrected chi connectivity index (χ0v) is 12.2. The van der Waals surface area contributed by atoms with E-state index in [0.717, 1.165) is 11.4 Å². The van der Waals surface area contributed by atoms with Gasteiger partial charge >= 0.3 is 0 Å². The maximum atomic E-state index is 11.9. The zero-order chi connectivity index (χ0) is 13.5. The van der Waals surface area contributed by atoms with E-state index < -0.39 is 0 Å². The van der Waals surface area contributed by atoms with Crippen LogP contribution in [0.1, 0.15) is 44.7 Å². The van der Waals surface area contributed by atoms with Crippen molar-refractivity contribution in [2.75, 3.05) is 6.54 Å². The molecule has 5 heteroatoms. The van der Waals surface area contributed by atoms with Crippen molar-refractivity contribution in [3.63, 3.8) is 0 Å². The van der Waals surface area contributed by atoms with Crippen molar-refractivity contribution in [3.8, 4) is 0 Å². The van der Waals surface area contributed by atoms with Gasteiger partial charge in [0.05, 0.1) is 6.04 Å². The SMILES string of the molecule is CC(C)C[C@H](CN)CC(=O)NC(C)c1nccs1. The first-order chi connectivity index (χ1) is 8.52. The first-order valence-corrected chi connectivity index (χ1v) is 7.29. The van der Waals surface area contributed by atoms with Crippen LogP contribution in [0.25, 0.3) is 0 Å². The summed E-state index contributed by atoms with van der Waals surface area (Å²) in [6.07, 6.45) is 3.25. The summed E-state index contributed by atoms with van der Waals surface area (Å²) in [6.45, 7) is 6.82. The molecule has 0 spiro atoms. The standard InChI is InChI=1S/C13H23N3OS/c1-9(2)6-11(8-14)7-12(17)16-10(3)13-15-4-5-18-13/h4-5,9-11H,6-8,14H2,1-3H3,(H,16,17)/t10?,11-/m0/s1. The fraction of sp³-hybridized carbons (Fsp3) is 0.692. The van der Waals surface area contributed by atoms with E-state index >= 15 is 0 Å². The average Bonchev–Trinajstić information content (AvgIpc) is 2.80. The predicted octanol–water partition coefficient (Wildman–Crippen LogP) is 2.33. The molecule has 0 bridgehead atoms. The van der Waals surface area contributed by atoms with Gasteiger partial charge in [-0.15, -0.1) is 11.3 Å². The molecule has 3 N–H and O–H groups in total. The first-order valence-electron chi connectivity index (χ1n) is 6.41. The summed E-state index contributed by atoms with van der Waals surface area (Å²) in [5, 5.41) is 5.83. The molecular weight excluding hydrogens is 246 g/mol. The molecule has 1 unspecified atom stereocenters. The molecule has 0 aliphatic rings.